The van der Waals surface area contributed by atoms with Crippen LogP contribution < -0.4 is 15.4 Å². The number of amides is 1. The molecule has 0 bridgehead atoms. The van der Waals surface area contributed by atoms with Crippen LogP contribution in [0.2, 0.25) is 0 Å². The number of benzene rings is 2. The van der Waals surface area contributed by atoms with Gasteiger partial charge in [0, 0.05) is 24.9 Å². The average molecular weight is 324 g/mol. The van der Waals surface area contributed by atoms with Crippen LogP contribution in [0, 0.1) is 0 Å². The fraction of sp³-hybridized carbons (Fsp3) is 0.350. The zero-order valence-corrected chi connectivity index (χ0v) is 13.9. The van der Waals surface area contributed by atoms with Crippen molar-refractivity contribution in [3.8, 4) is 5.75 Å². The van der Waals surface area contributed by atoms with E-state index in [1.807, 2.05) is 24.3 Å². The molecule has 126 valence electrons. The Morgan fingerprint density at radius 3 is 2.92 bits per heavy atom. The van der Waals surface area contributed by atoms with Crippen molar-refractivity contribution >= 4 is 16.7 Å². The molecule has 0 saturated heterocycles. The molecule has 1 amide bonds. The highest BCUT2D eigenvalue weighted by Crippen LogP contribution is 2.25. The minimum atomic E-state index is 0.0935. The zero-order chi connectivity index (χ0) is 16.6. The molecule has 3 rings (SSSR count). The molecule has 1 heterocycles. The number of hydrogen-bond donors (Lipinski definition) is 2. The van der Waals surface area contributed by atoms with Gasteiger partial charge in [0.15, 0.2) is 0 Å². The fourth-order valence-corrected chi connectivity index (χ4v) is 2.87. The van der Waals surface area contributed by atoms with Gasteiger partial charge in [-0.15, -0.1) is 0 Å². The molecular formula is C20H24N2O2. The Hall–Kier alpha value is -2.33. The second kappa shape index (κ2) is 8.50. The van der Waals surface area contributed by atoms with Crippen LogP contribution in [0.1, 0.15) is 19.3 Å². The molecule has 4 heteroatoms. The number of hydrogen-bond acceptors (Lipinski definition) is 3. The predicted octanol–water partition coefficient (Wildman–Crippen LogP) is 3.03. The van der Waals surface area contributed by atoms with Crippen LogP contribution >= 0.6 is 0 Å². The lowest BCUT2D eigenvalue weighted by Crippen LogP contribution is -2.29. The standard InChI is InChI=1S/C20H24N2O2/c23-20(22-15-16-10-12-21-13-11-16)9-4-14-24-19-8-3-6-17-5-1-2-7-18(17)19/h1-3,5-8,10,21H,4,9,11-15H2,(H,22,23). The van der Waals surface area contributed by atoms with Gasteiger partial charge in [0.25, 0.3) is 0 Å². The van der Waals surface area contributed by atoms with E-state index in [9.17, 15) is 4.79 Å². The van der Waals surface area contributed by atoms with Gasteiger partial charge in [-0.1, -0.05) is 48.0 Å². The molecule has 24 heavy (non-hydrogen) atoms. The number of ether oxygens (including phenoxy) is 1. The number of rotatable bonds is 7. The molecule has 1 aliphatic rings. The first kappa shape index (κ1) is 16.5. The Labute approximate surface area is 142 Å². The van der Waals surface area contributed by atoms with Crippen molar-refractivity contribution < 1.29 is 9.53 Å². The number of carbonyl (C=O) groups excluding carboxylic acids is 1. The van der Waals surface area contributed by atoms with Gasteiger partial charge in [-0.2, -0.15) is 0 Å². The molecule has 0 saturated carbocycles. The van der Waals surface area contributed by atoms with Crippen molar-refractivity contribution in [3.63, 3.8) is 0 Å². The Morgan fingerprint density at radius 2 is 2.04 bits per heavy atom. The third-order valence-electron chi connectivity index (χ3n) is 4.23. The molecule has 0 atom stereocenters. The largest absolute Gasteiger partial charge is 0.493 e. The third kappa shape index (κ3) is 4.59. The normalized spacial score (nSPS) is 14.2. The highest BCUT2D eigenvalue weighted by Gasteiger charge is 2.06. The minimum absolute atomic E-state index is 0.0935. The second-order valence-electron chi connectivity index (χ2n) is 6.02. The van der Waals surface area contributed by atoms with Gasteiger partial charge in [0.2, 0.25) is 5.91 Å². The van der Waals surface area contributed by atoms with E-state index >= 15 is 0 Å². The minimum Gasteiger partial charge on any atom is -0.493 e. The SMILES string of the molecule is O=C(CCCOc1cccc2ccccc12)NCC1=CCNCC1. The summed E-state index contributed by atoms with van der Waals surface area (Å²) in [6, 6.07) is 14.2. The van der Waals surface area contributed by atoms with Gasteiger partial charge < -0.3 is 15.4 Å². The van der Waals surface area contributed by atoms with E-state index < -0.39 is 0 Å². The fourth-order valence-electron chi connectivity index (χ4n) is 2.87. The Morgan fingerprint density at radius 1 is 1.17 bits per heavy atom. The van der Waals surface area contributed by atoms with E-state index in [0.717, 1.165) is 37.1 Å². The van der Waals surface area contributed by atoms with E-state index in [2.05, 4.69) is 34.9 Å². The summed E-state index contributed by atoms with van der Waals surface area (Å²) in [5.41, 5.74) is 1.31. The molecule has 2 aromatic carbocycles. The lowest BCUT2D eigenvalue weighted by molar-refractivity contribution is -0.121. The van der Waals surface area contributed by atoms with Gasteiger partial charge in [-0.25, -0.2) is 0 Å². The topological polar surface area (TPSA) is 50.4 Å². The maximum atomic E-state index is 11.9. The molecule has 4 nitrogen and oxygen atoms in total. The molecule has 0 fully saturated rings. The van der Waals surface area contributed by atoms with E-state index in [1.54, 1.807) is 0 Å². The highest BCUT2D eigenvalue weighted by atomic mass is 16.5. The molecule has 0 aliphatic carbocycles. The summed E-state index contributed by atoms with van der Waals surface area (Å²) >= 11 is 0. The highest BCUT2D eigenvalue weighted by molar-refractivity contribution is 5.88. The lowest BCUT2D eigenvalue weighted by Gasteiger charge is -2.14. The van der Waals surface area contributed by atoms with Gasteiger partial charge >= 0.3 is 0 Å². The summed E-state index contributed by atoms with van der Waals surface area (Å²) in [5, 5.41) is 8.54. The second-order valence-corrected chi connectivity index (χ2v) is 6.02. The Bertz CT molecular complexity index is 719. The average Bonchev–Trinajstić information content (AvgIpc) is 2.64. The van der Waals surface area contributed by atoms with Gasteiger partial charge in [-0.05, 0) is 30.8 Å². The zero-order valence-electron chi connectivity index (χ0n) is 13.9. The maximum absolute atomic E-state index is 11.9. The van der Waals surface area contributed by atoms with Crippen molar-refractivity contribution in [1.82, 2.24) is 10.6 Å². The van der Waals surface area contributed by atoms with E-state index in [4.69, 9.17) is 4.74 Å². The van der Waals surface area contributed by atoms with E-state index in [1.165, 1.54) is 11.0 Å². The predicted molar refractivity (Wildman–Crippen MR) is 97.3 cm³/mol. The summed E-state index contributed by atoms with van der Waals surface area (Å²) in [5.74, 6) is 0.976. The molecular weight excluding hydrogens is 300 g/mol. The smallest absolute Gasteiger partial charge is 0.220 e. The van der Waals surface area contributed by atoms with Gasteiger partial charge in [0.1, 0.15) is 5.75 Å². The molecule has 0 aromatic heterocycles. The van der Waals surface area contributed by atoms with E-state index in [-0.39, 0.29) is 5.91 Å². The van der Waals surface area contributed by atoms with Crippen molar-refractivity contribution in [2.45, 2.75) is 19.3 Å². The first-order valence-corrected chi connectivity index (χ1v) is 8.59. The molecule has 0 spiro atoms. The van der Waals surface area contributed by atoms with Gasteiger partial charge in [0.05, 0.1) is 6.61 Å². The number of carbonyl (C=O) groups is 1. The quantitative estimate of drug-likeness (QED) is 0.608. The first-order chi connectivity index (χ1) is 11.8. The van der Waals surface area contributed by atoms with Gasteiger partial charge in [-0.3, -0.25) is 4.79 Å². The molecule has 0 radical (unpaired) electrons. The van der Waals surface area contributed by atoms with Crippen molar-refractivity contribution in [3.05, 3.63) is 54.1 Å². The number of nitrogens with one attached hydrogen (secondary N) is 2. The van der Waals surface area contributed by atoms with Crippen LogP contribution in [0.4, 0.5) is 0 Å². The van der Waals surface area contributed by atoms with Crippen molar-refractivity contribution in [2.75, 3.05) is 26.2 Å². The summed E-state index contributed by atoms with van der Waals surface area (Å²) in [7, 11) is 0. The molecule has 1 aliphatic heterocycles. The molecule has 0 unspecified atom stereocenters. The third-order valence-corrected chi connectivity index (χ3v) is 4.23. The molecule has 2 N–H and O–H groups in total. The van der Waals surface area contributed by atoms with Crippen LogP contribution in [-0.2, 0) is 4.79 Å². The van der Waals surface area contributed by atoms with Crippen molar-refractivity contribution in [1.29, 1.82) is 0 Å². The summed E-state index contributed by atoms with van der Waals surface area (Å²) in [6.07, 6.45) is 4.39. The number of fused-ring (bicyclic) bond motifs is 1. The lowest BCUT2D eigenvalue weighted by atomic mass is 10.1. The molecule has 2 aromatic rings. The van der Waals surface area contributed by atoms with Crippen LogP contribution in [-0.4, -0.2) is 32.1 Å². The van der Waals surface area contributed by atoms with Crippen LogP contribution in [0.5, 0.6) is 5.75 Å². The monoisotopic (exact) mass is 324 g/mol. The summed E-state index contributed by atoms with van der Waals surface area (Å²) in [4.78, 5) is 11.9. The van der Waals surface area contributed by atoms with E-state index in [0.29, 0.717) is 19.6 Å². The van der Waals surface area contributed by atoms with Crippen LogP contribution in [0.15, 0.2) is 54.1 Å². The van der Waals surface area contributed by atoms with Crippen LogP contribution in [0.25, 0.3) is 10.8 Å². The summed E-state index contributed by atoms with van der Waals surface area (Å²) in [6.45, 7) is 3.13. The Balaban J connectivity index is 1.40. The van der Waals surface area contributed by atoms with Crippen molar-refractivity contribution in [2.24, 2.45) is 0 Å². The Kier molecular flexibility index (Phi) is 5.85. The maximum Gasteiger partial charge on any atom is 0.220 e. The first-order valence-electron chi connectivity index (χ1n) is 8.59. The summed E-state index contributed by atoms with van der Waals surface area (Å²) < 4.78 is 5.86. The van der Waals surface area contributed by atoms with Crippen LogP contribution in [0.3, 0.4) is 0 Å².